The molecule has 0 radical (unpaired) electrons. The van der Waals surface area contributed by atoms with Gasteiger partial charge in [0, 0.05) is 5.69 Å². The van der Waals surface area contributed by atoms with E-state index in [9.17, 15) is 9.59 Å². The molecular formula is C19H22N2O4. The number of aromatic carboxylic acids is 1. The van der Waals surface area contributed by atoms with Gasteiger partial charge in [0.25, 0.3) is 5.91 Å². The number of ether oxygens (including phenoxy) is 1. The van der Waals surface area contributed by atoms with E-state index in [2.05, 4.69) is 17.2 Å². The molecule has 0 aliphatic carbocycles. The summed E-state index contributed by atoms with van der Waals surface area (Å²) in [5.74, 6) is -0.682. The van der Waals surface area contributed by atoms with Crippen LogP contribution >= 0.6 is 0 Å². The van der Waals surface area contributed by atoms with Crippen molar-refractivity contribution in [2.45, 2.75) is 33.6 Å². The number of rotatable bonds is 7. The number of benzene rings is 1. The Morgan fingerprint density at radius 1 is 1.20 bits per heavy atom. The summed E-state index contributed by atoms with van der Waals surface area (Å²) >= 11 is 0. The van der Waals surface area contributed by atoms with Crippen molar-refractivity contribution in [3.63, 3.8) is 0 Å². The van der Waals surface area contributed by atoms with Gasteiger partial charge in [0.2, 0.25) is 0 Å². The molecule has 1 aromatic carbocycles. The van der Waals surface area contributed by atoms with Crippen molar-refractivity contribution in [1.29, 1.82) is 0 Å². The van der Waals surface area contributed by atoms with Gasteiger partial charge in [-0.25, -0.2) is 9.78 Å². The Morgan fingerprint density at radius 2 is 1.96 bits per heavy atom. The number of amides is 1. The third-order valence-electron chi connectivity index (χ3n) is 3.76. The van der Waals surface area contributed by atoms with Crippen molar-refractivity contribution in [2.24, 2.45) is 0 Å². The van der Waals surface area contributed by atoms with Crippen molar-refractivity contribution in [3.8, 4) is 5.75 Å². The molecule has 0 aliphatic rings. The van der Waals surface area contributed by atoms with E-state index < -0.39 is 5.97 Å². The minimum absolute atomic E-state index is 0.0845. The number of nitrogens with one attached hydrogen (secondary N) is 1. The van der Waals surface area contributed by atoms with Gasteiger partial charge in [-0.15, -0.1) is 0 Å². The monoisotopic (exact) mass is 342 g/mol. The van der Waals surface area contributed by atoms with Gasteiger partial charge in [0.15, 0.2) is 0 Å². The van der Waals surface area contributed by atoms with Crippen LogP contribution in [0.25, 0.3) is 0 Å². The topological polar surface area (TPSA) is 88.5 Å². The number of hydrogen-bond donors (Lipinski definition) is 2. The predicted octanol–water partition coefficient (Wildman–Crippen LogP) is 3.83. The van der Waals surface area contributed by atoms with E-state index in [0.717, 1.165) is 24.2 Å². The van der Waals surface area contributed by atoms with E-state index in [0.29, 0.717) is 18.0 Å². The lowest BCUT2D eigenvalue weighted by molar-refractivity contribution is 0.0695. The highest BCUT2D eigenvalue weighted by Gasteiger charge is 2.14. The van der Waals surface area contributed by atoms with E-state index >= 15 is 0 Å². The molecule has 1 heterocycles. The molecule has 0 fully saturated rings. The van der Waals surface area contributed by atoms with Crippen LogP contribution in [-0.4, -0.2) is 28.6 Å². The number of carboxylic acids is 1. The zero-order chi connectivity index (χ0) is 18.4. The molecule has 2 aromatic rings. The first-order valence-electron chi connectivity index (χ1n) is 8.18. The summed E-state index contributed by atoms with van der Waals surface area (Å²) in [4.78, 5) is 27.4. The Balaban J connectivity index is 2.10. The normalized spacial score (nSPS) is 10.4. The van der Waals surface area contributed by atoms with Gasteiger partial charge >= 0.3 is 5.97 Å². The van der Waals surface area contributed by atoms with Crippen molar-refractivity contribution in [3.05, 3.63) is 52.8 Å². The van der Waals surface area contributed by atoms with Crippen LogP contribution in [0.4, 0.5) is 5.69 Å². The number of hydrogen-bond acceptors (Lipinski definition) is 4. The van der Waals surface area contributed by atoms with E-state index in [1.807, 2.05) is 19.1 Å². The fraction of sp³-hybridized carbons (Fsp3) is 0.316. The Morgan fingerprint density at radius 3 is 2.56 bits per heavy atom. The van der Waals surface area contributed by atoms with Crippen molar-refractivity contribution >= 4 is 17.6 Å². The first kappa shape index (κ1) is 18.4. The molecule has 1 amide bonds. The first-order chi connectivity index (χ1) is 11.9. The van der Waals surface area contributed by atoms with Crippen molar-refractivity contribution in [1.82, 2.24) is 4.98 Å². The predicted molar refractivity (Wildman–Crippen MR) is 95.5 cm³/mol. The van der Waals surface area contributed by atoms with Crippen LogP contribution < -0.4 is 10.1 Å². The first-order valence-corrected chi connectivity index (χ1v) is 8.18. The van der Waals surface area contributed by atoms with E-state index in [4.69, 9.17) is 9.84 Å². The molecule has 132 valence electrons. The fourth-order valence-corrected chi connectivity index (χ4v) is 2.30. The third-order valence-corrected chi connectivity index (χ3v) is 3.76. The Bertz CT molecular complexity index is 787. The number of pyridine rings is 1. The van der Waals surface area contributed by atoms with Gasteiger partial charge in [-0.2, -0.15) is 0 Å². The second kappa shape index (κ2) is 8.28. The van der Waals surface area contributed by atoms with Gasteiger partial charge in [-0.05, 0) is 56.2 Å². The van der Waals surface area contributed by atoms with Crippen LogP contribution in [0.3, 0.4) is 0 Å². The standard InChI is InChI=1S/C19H22N2O4/c1-4-5-10-25-14-6-8-16(12(2)11-14)21-18(22)17-9-7-15(19(23)24)13(3)20-17/h6-9,11H,4-5,10H2,1-3H3,(H,21,22)(H,23,24). The summed E-state index contributed by atoms with van der Waals surface area (Å²) in [6.07, 6.45) is 2.06. The summed E-state index contributed by atoms with van der Waals surface area (Å²) in [5, 5.41) is 11.8. The maximum absolute atomic E-state index is 12.3. The number of carboxylic acid groups (broad SMARTS) is 1. The molecule has 2 N–H and O–H groups in total. The van der Waals surface area contributed by atoms with Gasteiger partial charge < -0.3 is 15.2 Å². The van der Waals surface area contributed by atoms with Crippen LogP contribution in [0.5, 0.6) is 5.75 Å². The molecular weight excluding hydrogens is 320 g/mol. The molecule has 0 aliphatic heterocycles. The quantitative estimate of drug-likeness (QED) is 0.747. The minimum atomic E-state index is -1.06. The number of carbonyl (C=O) groups excluding carboxylic acids is 1. The number of anilines is 1. The lowest BCUT2D eigenvalue weighted by atomic mass is 10.1. The van der Waals surface area contributed by atoms with E-state index in [1.54, 1.807) is 13.0 Å². The molecule has 0 unspecified atom stereocenters. The van der Waals surface area contributed by atoms with Crippen LogP contribution in [0.1, 0.15) is 51.9 Å². The third kappa shape index (κ3) is 4.79. The van der Waals surface area contributed by atoms with E-state index in [-0.39, 0.29) is 17.2 Å². The lowest BCUT2D eigenvalue weighted by Gasteiger charge is -2.11. The number of nitrogens with zero attached hydrogens (tertiary/aromatic N) is 1. The Hall–Kier alpha value is -2.89. The second-order valence-electron chi connectivity index (χ2n) is 5.77. The summed E-state index contributed by atoms with van der Waals surface area (Å²) in [5.41, 5.74) is 2.10. The summed E-state index contributed by atoms with van der Waals surface area (Å²) < 4.78 is 5.64. The van der Waals surface area contributed by atoms with E-state index in [1.165, 1.54) is 12.1 Å². The molecule has 2 rings (SSSR count). The Labute approximate surface area is 146 Å². The molecule has 0 atom stereocenters. The molecule has 1 aromatic heterocycles. The average Bonchev–Trinajstić information content (AvgIpc) is 2.57. The zero-order valence-electron chi connectivity index (χ0n) is 14.6. The zero-order valence-corrected chi connectivity index (χ0v) is 14.6. The average molecular weight is 342 g/mol. The molecule has 0 bridgehead atoms. The Kier molecular flexibility index (Phi) is 6.11. The van der Waals surface area contributed by atoms with Gasteiger partial charge in [-0.1, -0.05) is 13.3 Å². The molecule has 25 heavy (non-hydrogen) atoms. The molecule has 0 spiro atoms. The summed E-state index contributed by atoms with van der Waals surface area (Å²) in [6.45, 7) is 6.22. The number of unbranched alkanes of at least 4 members (excludes halogenated alkanes) is 1. The lowest BCUT2D eigenvalue weighted by Crippen LogP contribution is -2.16. The largest absolute Gasteiger partial charge is 0.494 e. The van der Waals surface area contributed by atoms with Crippen LogP contribution in [-0.2, 0) is 0 Å². The van der Waals surface area contributed by atoms with Crippen LogP contribution in [0.15, 0.2) is 30.3 Å². The molecule has 6 heteroatoms. The number of aryl methyl sites for hydroxylation is 2. The highest BCUT2D eigenvalue weighted by Crippen LogP contribution is 2.22. The highest BCUT2D eigenvalue weighted by atomic mass is 16.5. The minimum Gasteiger partial charge on any atom is -0.494 e. The SMILES string of the molecule is CCCCOc1ccc(NC(=O)c2ccc(C(=O)O)c(C)n2)c(C)c1. The number of aromatic nitrogens is 1. The van der Waals surface area contributed by atoms with Gasteiger partial charge in [-0.3, -0.25) is 4.79 Å². The second-order valence-corrected chi connectivity index (χ2v) is 5.77. The molecule has 0 saturated heterocycles. The highest BCUT2D eigenvalue weighted by molar-refractivity contribution is 6.03. The fourth-order valence-electron chi connectivity index (χ4n) is 2.30. The maximum Gasteiger partial charge on any atom is 0.337 e. The molecule has 6 nitrogen and oxygen atoms in total. The van der Waals surface area contributed by atoms with Crippen LogP contribution in [0.2, 0.25) is 0 Å². The summed E-state index contributed by atoms with van der Waals surface area (Å²) in [7, 11) is 0. The van der Waals surface area contributed by atoms with Crippen molar-refractivity contribution < 1.29 is 19.4 Å². The van der Waals surface area contributed by atoms with Crippen LogP contribution in [0, 0.1) is 13.8 Å². The smallest absolute Gasteiger partial charge is 0.337 e. The molecule has 0 saturated carbocycles. The number of carbonyl (C=O) groups is 2. The summed E-state index contributed by atoms with van der Waals surface area (Å²) in [6, 6.07) is 8.26. The van der Waals surface area contributed by atoms with Crippen molar-refractivity contribution in [2.75, 3.05) is 11.9 Å². The van der Waals surface area contributed by atoms with Gasteiger partial charge in [0.1, 0.15) is 11.4 Å². The maximum atomic E-state index is 12.3. The van der Waals surface area contributed by atoms with Gasteiger partial charge in [0.05, 0.1) is 17.9 Å².